The number of nitrogens with zero attached hydrogens (tertiary/aromatic N) is 2. The van der Waals surface area contributed by atoms with Gasteiger partial charge in [0.2, 0.25) is 0 Å². The Bertz CT molecular complexity index is 717. The standard InChI is InChI=1S/C12H12ClN3O2S/c1-8-3-4-10(5-9(8)2)19(17,18)16-12-7-14-6-11(13)15-12/h3-7H,1-2H3,(H,15,16). The van der Waals surface area contributed by atoms with Crippen LogP contribution in [0.3, 0.4) is 0 Å². The Morgan fingerprint density at radius 3 is 2.53 bits per heavy atom. The lowest BCUT2D eigenvalue weighted by Crippen LogP contribution is -2.14. The number of rotatable bonds is 3. The van der Waals surface area contributed by atoms with Gasteiger partial charge in [0.05, 0.1) is 17.3 Å². The van der Waals surface area contributed by atoms with Crippen LogP contribution in [0.1, 0.15) is 11.1 Å². The van der Waals surface area contributed by atoms with Crippen molar-refractivity contribution in [1.29, 1.82) is 0 Å². The van der Waals surface area contributed by atoms with Crippen LogP contribution in [0.25, 0.3) is 0 Å². The van der Waals surface area contributed by atoms with Crippen molar-refractivity contribution >= 4 is 27.4 Å². The number of aryl methyl sites for hydroxylation is 2. The Hall–Kier alpha value is -1.66. The van der Waals surface area contributed by atoms with Gasteiger partial charge in [-0.15, -0.1) is 0 Å². The second-order valence-electron chi connectivity index (χ2n) is 4.08. The summed E-state index contributed by atoms with van der Waals surface area (Å²) in [6.45, 7) is 3.77. The highest BCUT2D eigenvalue weighted by atomic mass is 35.5. The van der Waals surface area contributed by atoms with Gasteiger partial charge in [-0.3, -0.25) is 9.71 Å². The Balaban J connectivity index is 2.35. The normalized spacial score (nSPS) is 11.3. The molecule has 0 aliphatic carbocycles. The van der Waals surface area contributed by atoms with Crippen molar-refractivity contribution in [2.24, 2.45) is 0 Å². The van der Waals surface area contributed by atoms with Gasteiger partial charge in [0.25, 0.3) is 10.0 Å². The highest BCUT2D eigenvalue weighted by molar-refractivity contribution is 7.92. The van der Waals surface area contributed by atoms with E-state index in [1.165, 1.54) is 12.4 Å². The Kier molecular flexibility index (Phi) is 3.73. The smallest absolute Gasteiger partial charge is 0.262 e. The largest absolute Gasteiger partial charge is 0.263 e. The molecule has 0 unspecified atom stereocenters. The molecule has 0 bridgehead atoms. The highest BCUT2D eigenvalue weighted by Gasteiger charge is 2.15. The molecule has 1 aromatic carbocycles. The number of hydrogen-bond donors (Lipinski definition) is 1. The molecular formula is C12H12ClN3O2S. The molecule has 1 aromatic heterocycles. The maximum absolute atomic E-state index is 12.2. The van der Waals surface area contributed by atoms with E-state index in [0.29, 0.717) is 0 Å². The van der Waals surface area contributed by atoms with Crippen molar-refractivity contribution in [3.8, 4) is 0 Å². The molecule has 1 N–H and O–H groups in total. The van der Waals surface area contributed by atoms with E-state index >= 15 is 0 Å². The van der Waals surface area contributed by atoms with Gasteiger partial charge in [0.15, 0.2) is 5.82 Å². The molecule has 0 amide bonds. The van der Waals surface area contributed by atoms with Crippen molar-refractivity contribution in [2.45, 2.75) is 18.7 Å². The van der Waals surface area contributed by atoms with E-state index in [1.54, 1.807) is 18.2 Å². The summed E-state index contributed by atoms with van der Waals surface area (Å²) < 4.78 is 26.6. The summed E-state index contributed by atoms with van der Waals surface area (Å²) in [5.74, 6) is 0.0886. The summed E-state index contributed by atoms with van der Waals surface area (Å²) in [7, 11) is -3.68. The van der Waals surface area contributed by atoms with Crippen molar-refractivity contribution in [3.63, 3.8) is 0 Å². The number of anilines is 1. The molecule has 2 rings (SSSR count). The highest BCUT2D eigenvalue weighted by Crippen LogP contribution is 2.18. The molecule has 0 aliphatic heterocycles. The molecule has 2 aromatic rings. The van der Waals surface area contributed by atoms with Crippen LogP contribution < -0.4 is 4.72 Å². The first-order valence-corrected chi connectivity index (χ1v) is 7.32. The van der Waals surface area contributed by atoms with Crippen LogP contribution in [-0.4, -0.2) is 18.4 Å². The van der Waals surface area contributed by atoms with Crippen molar-refractivity contribution in [2.75, 3.05) is 4.72 Å². The first kappa shape index (κ1) is 13.8. The minimum atomic E-state index is -3.68. The fraction of sp³-hybridized carbons (Fsp3) is 0.167. The second-order valence-corrected chi connectivity index (χ2v) is 6.15. The minimum Gasteiger partial charge on any atom is -0.262 e. The average Bonchev–Trinajstić information content (AvgIpc) is 2.32. The molecule has 0 aliphatic rings. The molecule has 100 valence electrons. The van der Waals surface area contributed by atoms with Gasteiger partial charge >= 0.3 is 0 Å². The van der Waals surface area contributed by atoms with Crippen molar-refractivity contribution < 1.29 is 8.42 Å². The first-order valence-electron chi connectivity index (χ1n) is 5.46. The third-order valence-corrected chi connectivity index (χ3v) is 4.17. The second kappa shape index (κ2) is 5.14. The molecule has 0 atom stereocenters. The fourth-order valence-corrected chi connectivity index (χ4v) is 2.69. The monoisotopic (exact) mass is 297 g/mol. The maximum atomic E-state index is 12.2. The van der Waals surface area contributed by atoms with Gasteiger partial charge in [-0.1, -0.05) is 17.7 Å². The van der Waals surface area contributed by atoms with Crippen LogP contribution >= 0.6 is 11.6 Å². The average molecular weight is 298 g/mol. The van der Waals surface area contributed by atoms with E-state index in [1.807, 2.05) is 13.8 Å². The summed E-state index contributed by atoms with van der Waals surface area (Å²) in [5, 5.41) is 0.125. The predicted octanol–water partition coefficient (Wildman–Crippen LogP) is 2.55. The lowest BCUT2D eigenvalue weighted by atomic mass is 10.1. The Morgan fingerprint density at radius 1 is 1.16 bits per heavy atom. The van der Waals surface area contributed by atoms with Crippen LogP contribution in [0, 0.1) is 13.8 Å². The molecule has 0 saturated heterocycles. The summed E-state index contributed by atoms with van der Waals surface area (Å²) in [6.07, 6.45) is 2.62. The zero-order valence-electron chi connectivity index (χ0n) is 10.4. The number of aromatic nitrogens is 2. The quantitative estimate of drug-likeness (QED) is 0.945. The Labute approximate surface area is 116 Å². The van der Waals surface area contributed by atoms with E-state index in [4.69, 9.17) is 11.6 Å². The molecule has 0 saturated carbocycles. The molecule has 1 heterocycles. The van der Waals surface area contributed by atoms with E-state index in [-0.39, 0.29) is 15.9 Å². The molecule has 0 fully saturated rings. The molecule has 0 spiro atoms. The molecular weight excluding hydrogens is 286 g/mol. The van der Waals surface area contributed by atoms with Gasteiger partial charge in [-0.05, 0) is 37.1 Å². The van der Waals surface area contributed by atoms with Gasteiger partial charge in [0.1, 0.15) is 5.15 Å². The number of benzene rings is 1. The van der Waals surface area contributed by atoms with Crippen LogP contribution in [0.15, 0.2) is 35.5 Å². The van der Waals surface area contributed by atoms with E-state index in [2.05, 4.69) is 14.7 Å². The van der Waals surface area contributed by atoms with Crippen molar-refractivity contribution in [1.82, 2.24) is 9.97 Å². The Morgan fingerprint density at radius 2 is 1.89 bits per heavy atom. The van der Waals surface area contributed by atoms with Gasteiger partial charge < -0.3 is 0 Å². The lowest BCUT2D eigenvalue weighted by molar-refractivity contribution is 0.601. The zero-order valence-corrected chi connectivity index (χ0v) is 12.0. The summed E-state index contributed by atoms with van der Waals surface area (Å²) in [5.41, 5.74) is 1.93. The third-order valence-electron chi connectivity index (χ3n) is 2.63. The lowest BCUT2D eigenvalue weighted by Gasteiger charge is -2.08. The van der Waals surface area contributed by atoms with Crippen LogP contribution in [-0.2, 0) is 10.0 Å². The minimum absolute atomic E-state index is 0.0886. The third kappa shape index (κ3) is 3.21. The summed E-state index contributed by atoms with van der Waals surface area (Å²) >= 11 is 5.66. The topological polar surface area (TPSA) is 72.0 Å². The van der Waals surface area contributed by atoms with Crippen LogP contribution in [0.4, 0.5) is 5.82 Å². The van der Waals surface area contributed by atoms with Crippen LogP contribution in [0.2, 0.25) is 5.15 Å². The summed E-state index contributed by atoms with van der Waals surface area (Å²) in [4.78, 5) is 7.79. The summed E-state index contributed by atoms with van der Waals surface area (Å²) in [6, 6.07) is 4.91. The van der Waals surface area contributed by atoms with Crippen LogP contribution in [0.5, 0.6) is 0 Å². The number of nitrogens with one attached hydrogen (secondary N) is 1. The van der Waals surface area contributed by atoms with Crippen molar-refractivity contribution in [3.05, 3.63) is 46.9 Å². The van der Waals surface area contributed by atoms with Gasteiger partial charge in [-0.25, -0.2) is 13.4 Å². The number of sulfonamides is 1. The maximum Gasteiger partial charge on any atom is 0.263 e. The van der Waals surface area contributed by atoms with E-state index in [9.17, 15) is 8.42 Å². The number of hydrogen-bond acceptors (Lipinski definition) is 4. The van der Waals surface area contributed by atoms with E-state index < -0.39 is 10.0 Å². The van der Waals surface area contributed by atoms with Gasteiger partial charge in [0, 0.05) is 0 Å². The molecule has 7 heteroatoms. The SMILES string of the molecule is Cc1ccc(S(=O)(=O)Nc2cncc(Cl)n2)cc1C. The molecule has 5 nitrogen and oxygen atoms in total. The molecule has 19 heavy (non-hydrogen) atoms. The first-order chi connectivity index (χ1) is 8.88. The predicted molar refractivity (Wildman–Crippen MR) is 73.8 cm³/mol. The van der Waals surface area contributed by atoms with E-state index in [0.717, 1.165) is 11.1 Å². The molecule has 0 radical (unpaired) electrons. The van der Waals surface area contributed by atoms with Gasteiger partial charge in [-0.2, -0.15) is 0 Å². The zero-order chi connectivity index (χ0) is 14.0. The fourth-order valence-electron chi connectivity index (χ4n) is 1.47. The number of halogens is 1.